The van der Waals surface area contributed by atoms with Crippen LogP contribution < -0.4 is 10.6 Å². The highest BCUT2D eigenvalue weighted by Gasteiger charge is 2.18. The third-order valence-corrected chi connectivity index (χ3v) is 3.03. The summed E-state index contributed by atoms with van der Waals surface area (Å²) in [6, 6.07) is 6.26. The van der Waals surface area contributed by atoms with E-state index in [1.54, 1.807) is 0 Å². The van der Waals surface area contributed by atoms with Gasteiger partial charge in [0.25, 0.3) is 5.91 Å². The van der Waals surface area contributed by atoms with Crippen molar-refractivity contribution < 1.29 is 4.79 Å². The number of carbonyl (C=O) groups is 1. The molecule has 0 aromatic heterocycles. The molecule has 2 N–H and O–H groups in total. The Morgan fingerprint density at radius 3 is 2.94 bits per heavy atom. The van der Waals surface area contributed by atoms with Crippen LogP contribution in [-0.4, -0.2) is 25.0 Å². The van der Waals surface area contributed by atoms with Crippen LogP contribution in [0, 0.1) is 13.8 Å². The molecule has 1 heterocycles. The van der Waals surface area contributed by atoms with Gasteiger partial charge in [-0.15, -0.1) is 0 Å². The Morgan fingerprint density at radius 1 is 1.44 bits per heavy atom. The zero-order chi connectivity index (χ0) is 11.5. The minimum absolute atomic E-state index is 0.0508. The van der Waals surface area contributed by atoms with Gasteiger partial charge in [0.1, 0.15) is 0 Å². The van der Waals surface area contributed by atoms with Gasteiger partial charge in [-0.1, -0.05) is 17.7 Å². The smallest absolute Gasteiger partial charge is 0.251 e. The van der Waals surface area contributed by atoms with Gasteiger partial charge in [0.2, 0.25) is 0 Å². The van der Waals surface area contributed by atoms with Gasteiger partial charge in [0.05, 0.1) is 0 Å². The van der Waals surface area contributed by atoms with Crippen LogP contribution >= 0.6 is 0 Å². The summed E-state index contributed by atoms with van der Waals surface area (Å²) >= 11 is 0. The fraction of sp³-hybridized carbons (Fsp3) is 0.462. The standard InChI is InChI=1S/C13H18N2O/c1-9-3-4-10(2)12(7-9)13(16)15-11-5-6-14-8-11/h3-4,7,11,14H,5-6,8H2,1-2H3,(H,15,16)/t11-/m0/s1. The van der Waals surface area contributed by atoms with Gasteiger partial charge in [0, 0.05) is 18.2 Å². The van der Waals surface area contributed by atoms with Crippen molar-refractivity contribution in [1.29, 1.82) is 0 Å². The quantitative estimate of drug-likeness (QED) is 0.787. The van der Waals surface area contributed by atoms with E-state index in [4.69, 9.17) is 0 Å². The summed E-state index contributed by atoms with van der Waals surface area (Å²) in [6.07, 6.45) is 1.02. The zero-order valence-corrected chi connectivity index (χ0v) is 9.84. The SMILES string of the molecule is Cc1ccc(C)c(C(=O)N[C@H]2CCNC2)c1. The van der Waals surface area contributed by atoms with Gasteiger partial charge in [-0.3, -0.25) is 4.79 Å². The predicted octanol–water partition coefficient (Wildman–Crippen LogP) is 1.40. The molecule has 0 spiro atoms. The highest BCUT2D eigenvalue weighted by molar-refractivity contribution is 5.96. The molecule has 1 aliphatic rings. The number of nitrogens with one attached hydrogen (secondary N) is 2. The van der Waals surface area contributed by atoms with E-state index in [1.807, 2.05) is 32.0 Å². The molecule has 1 atom stereocenters. The van der Waals surface area contributed by atoms with E-state index in [0.29, 0.717) is 0 Å². The van der Waals surface area contributed by atoms with E-state index in [2.05, 4.69) is 10.6 Å². The third-order valence-electron chi connectivity index (χ3n) is 3.03. The van der Waals surface area contributed by atoms with Crippen molar-refractivity contribution in [1.82, 2.24) is 10.6 Å². The molecule has 1 fully saturated rings. The first-order chi connectivity index (χ1) is 7.66. The van der Waals surface area contributed by atoms with Crippen molar-refractivity contribution in [2.24, 2.45) is 0 Å². The zero-order valence-electron chi connectivity index (χ0n) is 9.84. The van der Waals surface area contributed by atoms with E-state index in [1.165, 1.54) is 0 Å². The predicted molar refractivity (Wildman–Crippen MR) is 64.7 cm³/mol. The average molecular weight is 218 g/mol. The number of carbonyl (C=O) groups excluding carboxylic acids is 1. The van der Waals surface area contributed by atoms with Gasteiger partial charge in [-0.05, 0) is 38.4 Å². The van der Waals surface area contributed by atoms with E-state index in [9.17, 15) is 4.79 Å². The van der Waals surface area contributed by atoms with Crippen LogP contribution in [-0.2, 0) is 0 Å². The van der Waals surface area contributed by atoms with Crippen molar-refractivity contribution in [3.05, 3.63) is 34.9 Å². The highest BCUT2D eigenvalue weighted by Crippen LogP contribution is 2.11. The molecule has 1 amide bonds. The second kappa shape index (κ2) is 4.66. The number of amides is 1. The second-order valence-electron chi connectivity index (χ2n) is 4.48. The lowest BCUT2D eigenvalue weighted by Crippen LogP contribution is -2.36. The van der Waals surface area contributed by atoms with Gasteiger partial charge >= 0.3 is 0 Å². The number of rotatable bonds is 2. The van der Waals surface area contributed by atoms with Crippen molar-refractivity contribution >= 4 is 5.91 Å². The first kappa shape index (κ1) is 11.1. The normalized spacial score (nSPS) is 19.8. The average Bonchev–Trinajstić information content (AvgIpc) is 2.74. The Bertz CT molecular complexity index is 395. The monoisotopic (exact) mass is 218 g/mol. The van der Waals surface area contributed by atoms with Crippen LogP contribution in [0.25, 0.3) is 0 Å². The summed E-state index contributed by atoms with van der Waals surface area (Å²) in [5.41, 5.74) is 2.96. The molecule has 0 aliphatic carbocycles. The van der Waals surface area contributed by atoms with Gasteiger partial charge in [-0.2, -0.15) is 0 Å². The van der Waals surface area contributed by atoms with Crippen LogP contribution in [0.2, 0.25) is 0 Å². The molecule has 0 unspecified atom stereocenters. The van der Waals surface area contributed by atoms with Crippen LogP contribution in [0.4, 0.5) is 0 Å². The summed E-state index contributed by atoms with van der Waals surface area (Å²) < 4.78 is 0. The maximum absolute atomic E-state index is 12.0. The van der Waals surface area contributed by atoms with Gasteiger partial charge in [0.15, 0.2) is 0 Å². The summed E-state index contributed by atoms with van der Waals surface area (Å²) in [6.45, 7) is 5.86. The summed E-state index contributed by atoms with van der Waals surface area (Å²) in [4.78, 5) is 12.0. The fourth-order valence-corrected chi connectivity index (χ4v) is 2.02. The van der Waals surface area contributed by atoms with Crippen LogP contribution in [0.3, 0.4) is 0 Å². The molecular weight excluding hydrogens is 200 g/mol. The molecule has 1 aromatic rings. The van der Waals surface area contributed by atoms with Crippen LogP contribution in [0.5, 0.6) is 0 Å². The molecule has 0 bridgehead atoms. The van der Waals surface area contributed by atoms with Gasteiger partial charge < -0.3 is 10.6 Å². The number of hydrogen-bond acceptors (Lipinski definition) is 2. The summed E-state index contributed by atoms with van der Waals surface area (Å²) in [5, 5.41) is 6.30. The summed E-state index contributed by atoms with van der Waals surface area (Å²) in [7, 11) is 0. The Labute approximate surface area is 96.2 Å². The lowest BCUT2D eigenvalue weighted by molar-refractivity contribution is 0.0939. The summed E-state index contributed by atoms with van der Waals surface area (Å²) in [5.74, 6) is 0.0508. The highest BCUT2D eigenvalue weighted by atomic mass is 16.1. The van der Waals surface area contributed by atoms with Crippen molar-refractivity contribution in [2.75, 3.05) is 13.1 Å². The number of hydrogen-bond donors (Lipinski definition) is 2. The Kier molecular flexibility index (Phi) is 3.25. The molecule has 0 saturated carbocycles. The molecule has 3 heteroatoms. The van der Waals surface area contributed by atoms with E-state index in [0.717, 1.165) is 36.2 Å². The largest absolute Gasteiger partial charge is 0.348 e. The fourth-order valence-electron chi connectivity index (χ4n) is 2.02. The number of benzene rings is 1. The molecule has 3 nitrogen and oxygen atoms in total. The van der Waals surface area contributed by atoms with Crippen molar-refractivity contribution in [2.45, 2.75) is 26.3 Å². The number of aryl methyl sites for hydroxylation is 2. The minimum Gasteiger partial charge on any atom is -0.348 e. The molecule has 1 saturated heterocycles. The molecular formula is C13H18N2O. The second-order valence-corrected chi connectivity index (χ2v) is 4.48. The van der Waals surface area contributed by atoms with Gasteiger partial charge in [-0.25, -0.2) is 0 Å². The lowest BCUT2D eigenvalue weighted by Gasteiger charge is -2.13. The lowest BCUT2D eigenvalue weighted by atomic mass is 10.0. The topological polar surface area (TPSA) is 41.1 Å². The minimum atomic E-state index is 0.0508. The molecule has 0 radical (unpaired) electrons. The first-order valence-electron chi connectivity index (χ1n) is 5.75. The van der Waals surface area contributed by atoms with E-state index >= 15 is 0 Å². The molecule has 1 aliphatic heterocycles. The maximum atomic E-state index is 12.0. The molecule has 16 heavy (non-hydrogen) atoms. The van der Waals surface area contributed by atoms with Crippen LogP contribution in [0.1, 0.15) is 27.9 Å². The Balaban J connectivity index is 2.10. The van der Waals surface area contributed by atoms with Crippen molar-refractivity contribution in [3.8, 4) is 0 Å². The Hall–Kier alpha value is -1.35. The van der Waals surface area contributed by atoms with Crippen molar-refractivity contribution in [3.63, 3.8) is 0 Å². The first-order valence-corrected chi connectivity index (χ1v) is 5.75. The van der Waals surface area contributed by atoms with Crippen LogP contribution in [0.15, 0.2) is 18.2 Å². The molecule has 86 valence electrons. The maximum Gasteiger partial charge on any atom is 0.251 e. The molecule has 1 aromatic carbocycles. The third kappa shape index (κ3) is 2.42. The molecule has 2 rings (SSSR count). The van der Waals surface area contributed by atoms with E-state index in [-0.39, 0.29) is 11.9 Å². The van der Waals surface area contributed by atoms with E-state index < -0.39 is 0 Å². The Morgan fingerprint density at radius 2 is 2.25 bits per heavy atom.